The Balaban J connectivity index is 1.51. The van der Waals surface area contributed by atoms with E-state index in [0.29, 0.717) is 0 Å². The summed E-state index contributed by atoms with van der Waals surface area (Å²) in [5, 5.41) is 2.95. The molecular formula is C20H29N3O. The van der Waals surface area contributed by atoms with E-state index in [2.05, 4.69) is 27.2 Å². The molecule has 0 spiro atoms. The topological polar surface area (TPSA) is 35.6 Å². The maximum absolute atomic E-state index is 12.1. The van der Waals surface area contributed by atoms with Crippen LogP contribution >= 0.6 is 0 Å². The molecule has 4 heteroatoms. The molecule has 2 heterocycles. The molecule has 1 aromatic rings. The van der Waals surface area contributed by atoms with Crippen LogP contribution in [0.5, 0.6) is 0 Å². The molecule has 2 aliphatic heterocycles. The highest BCUT2D eigenvalue weighted by atomic mass is 16.1. The van der Waals surface area contributed by atoms with Crippen molar-refractivity contribution in [2.75, 3.05) is 36.4 Å². The SMILES string of the molecule is O=C(C=CN1CCCCC1)Nc1ccc(N2CCCCCC2)cc1. The molecule has 130 valence electrons. The molecule has 3 rings (SSSR count). The standard InChI is InChI=1S/C20H29N3O/c24-20(12-17-22-13-4-3-5-14-22)21-18-8-10-19(11-9-18)23-15-6-1-2-7-16-23/h8-12,17H,1-7,13-16H2,(H,21,24). The first-order valence-electron chi connectivity index (χ1n) is 9.39. The zero-order valence-corrected chi connectivity index (χ0v) is 14.5. The van der Waals surface area contributed by atoms with E-state index in [1.165, 1.54) is 50.6 Å². The van der Waals surface area contributed by atoms with Gasteiger partial charge in [0, 0.05) is 49.8 Å². The summed E-state index contributed by atoms with van der Waals surface area (Å²) in [4.78, 5) is 16.7. The Hall–Kier alpha value is -1.97. The fourth-order valence-electron chi connectivity index (χ4n) is 3.51. The van der Waals surface area contributed by atoms with Crippen molar-refractivity contribution < 1.29 is 4.79 Å². The van der Waals surface area contributed by atoms with Gasteiger partial charge in [-0.05, 0) is 56.4 Å². The van der Waals surface area contributed by atoms with Crippen LogP contribution in [0, 0.1) is 0 Å². The normalized spacial score (nSPS) is 19.3. The average Bonchev–Trinajstić information content (AvgIpc) is 2.91. The van der Waals surface area contributed by atoms with Gasteiger partial charge in [0.05, 0.1) is 0 Å². The summed E-state index contributed by atoms with van der Waals surface area (Å²) < 4.78 is 0. The van der Waals surface area contributed by atoms with Gasteiger partial charge in [-0.25, -0.2) is 0 Å². The summed E-state index contributed by atoms with van der Waals surface area (Å²) in [6, 6.07) is 8.25. The third-order valence-electron chi connectivity index (χ3n) is 4.93. The monoisotopic (exact) mass is 327 g/mol. The molecule has 1 N–H and O–H groups in total. The Labute approximate surface area is 145 Å². The summed E-state index contributed by atoms with van der Waals surface area (Å²) in [7, 11) is 0. The van der Waals surface area contributed by atoms with Crippen LogP contribution < -0.4 is 10.2 Å². The maximum Gasteiger partial charge on any atom is 0.249 e. The lowest BCUT2D eigenvalue weighted by Crippen LogP contribution is -2.25. The molecule has 0 atom stereocenters. The van der Waals surface area contributed by atoms with Gasteiger partial charge in [0.2, 0.25) is 5.91 Å². The Morgan fingerprint density at radius 1 is 0.833 bits per heavy atom. The van der Waals surface area contributed by atoms with Crippen LogP contribution in [0.2, 0.25) is 0 Å². The van der Waals surface area contributed by atoms with Crippen LogP contribution in [0.4, 0.5) is 11.4 Å². The first kappa shape index (κ1) is 16.9. The van der Waals surface area contributed by atoms with Crippen LogP contribution in [0.15, 0.2) is 36.5 Å². The van der Waals surface area contributed by atoms with E-state index in [9.17, 15) is 4.79 Å². The highest BCUT2D eigenvalue weighted by molar-refractivity contribution is 5.99. The molecule has 0 radical (unpaired) electrons. The van der Waals surface area contributed by atoms with E-state index in [4.69, 9.17) is 0 Å². The van der Waals surface area contributed by atoms with Gasteiger partial charge >= 0.3 is 0 Å². The predicted molar refractivity (Wildman–Crippen MR) is 100 cm³/mol. The second-order valence-electron chi connectivity index (χ2n) is 6.85. The van der Waals surface area contributed by atoms with Gasteiger partial charge in [-0.15, -0.1) is 0 Å². The summed E-state index contributed by atoms with van der Waals surface area (Å²) in [6.45, 7) is 4.41. The van der Waals surface area contributed by atoms with Crippen LogP contribution in [0.25, 0.3) is 0 Å². The molecule has 2 aliphatic rings. The largest absolute Gasteiger partial charge is 0.377 e. The number of rotatable bonds is 4. The number of carbonyl (C=O) groups is 1. The molecule has 2 saturated heterocycles. The smallest absolute Gasteiger partial charge is 0.249 e. The van der Waals surface area contributed by atoms with Gasteiger partial charge in [-0.3, -0.25) is 4.79 Å². The molecular weight excluding hydrogens is 298 g/mol. The van der Waals surface area contributed by atoms with Gasteiger partial charge in [-0.2, -0.15) is 0 Å². The van der Waals surface area contributed by atoms with Crippen LogP contribution in [-0.2, 0) is 4.79 Å². The van der Waals surface area contributed by atoms with E-state index < -0.39 is 0 Å². The minimum absolute atomic E-state index is 0.0527. The molecule has 0 aliphatic carbocycles. The summed E-state index contributed by atoms with van der Waals surface area (Å²) in [5.41, 5.74) is 2.13. The number of benzene rings is 1. The van der Waals surface area contributed by atoms with Gasteiger partial charge in [0.15, 0.2) is 0 Å². The summed E-state index contributed by atoms with van der Waals surface area (Å²) >= 11 is 0. The first-order chi connectivity index (χ1) is 11.8. The predicted octanol–water partition coefficient (Wildman–Crippen LogP) is 4.01. The van der Waals surface area contributed by atoms with E-state index in [0.717, 1.165) is 31.9 Å². The molecule has 1 aromatic carbocycles. The van der Waals surface area contributed by atoms with Crippen LogP contribution in [0.1, 0.15) is 44.9 Å². The third-order valence-corrected chi connectivity index (χ3v) is 4.93. The molecule has 0 unspecified atom stereocenters. The van der Waals surface area contributed by atoms with Crippen molar-refractivity contribution in [1.29, 1.82) is 0 Å². The number of likely N-dealkylation sites (tertiary alicyclic amines) is 1. The molecule has 0 saturated carbocycles. The lowest BCUT2D eigenvalue weighted by molar-refractivity contribution is -0.112. The van der Waals surface area contributed by atoms with Gasteiger partial charge in [-0.1, -0.05) is 12.8 Å². The number of carbonyl (C=O) groups excluding carboxylic acids is 1. The fraction of sp³-hybridized carbons (Fsp3) is 0.550. The number of piperidine rings is 1. The first-order valence-corrected chi connectivity index (χ1v) is 9.39. The van der Waals surface area contributed by atoms with E-state index >= 15 is 0 Å². The number of hydrogen-bond donors (Lipinski definition) is 1. The highest BCUT2D eigenvalue weighted by Crippen LogP contribution is 2.21. The van der Waals surface area contributed by atoms with Gasteiger partial charge < -0.3 is 15.1 Å². The maximum atomic E-state index is 12.1. The highest BCUT2D eigenvalue weighted by Gasteiger charge is 2.10. The average molecular weight is 327 g/mol. The number of nitrogens with one attached hydrogen (secondary N) is 1. The Bertz CT molecular complexity index is 539. The summed E-state index contributed by atoms with van der Waals surface area (Å²) in [5.74, 6) is -0.0527. The van der Waals surface area contributed by atoms with Gasteiger partial charge in [0.1, 0.15) is 0 Å². The molecule has 1 amide bonds. The molecule has 4 nitrogen and oxygen atoms in total. The van der Waals surface area contributed by atoms with Crippen LogP contribution in [0.3, 0.4) is 0 Å². The molecule has 0 aromatic heterocycles. The second kappa shape index (κ2) is 8.76. The minimum atomic E-state index is -0.0527. The quantitative estimate of drug-likeness (QED) is 0.849. The third kappa shape index (κ3) is 5.02. The zero-order valence-electron chi connectivity index (χ0n) is 14.5. The van der Waals surface area contributed by atoms with Crippen molar-refractivity contribution in [3.63, 3.8) is 0 Å². The molecule has 2 fully saturated rings. The Kier molecular flexibility index (Phi) is 6.16. The molecule has 24 heavy (non-hydrogen) atoms. The zero-order chi connectivity index (χ0) is 16.6. The second-order valence-corrected chi connectivity index (χ2v) is 6.85. The van der Waals surface area contributed by atoms with Crippen molar-refractivity contribution in [3.8, 4) is 0 Å². The Morgan fingerprint density at radius 3 is 2.08 bits per heavy atom. The van der Waals surface area contributed by atoms with Crippen LogP contribution in [-0.4, -0.2) is 37.0 Å². The number of hydrogen-bond acceptors (Lipinski definition) is 3. The van der Waals surface area contributed by atoms with Crippen molar-refractivity contribution in [2.45, 2.75) is 44.9 Å². The Morgan fingerprint density at radius 2 is 1.42 bits per heavy atom. The number of nitrogens with zero attached hydrogens (tertiary/aromatic N) is 2. The summed E-state index contributed by atoms with van der Waals surface area (Å²) in [6.07, 6.45) is 12.6. The lowest BCUT2D eigenvalue weighted by atomic mass is 10.1. The number of anilines is 2. The van der Waals surface area contributed by atoms with Gasteiger partial charge in [0.25, 0.3) is 0 Å². The number of amides is 1. The fourth-order valence-corrected chi connectivity index (χ4v) is 3.51. The lowest BCUT2D eigenvalue weighted by Gasteiger charge is -2.24. The van der Waals surface area contributed by atoms with Crippen molar-refractivity contribution in [3.05, 3.63) is 36.5 Å². The minimum Gasteiger partial charge on any atom is -0.377 e. The van der Waals surface area contributed by atoms with Crippen molar-refractivity contribution >= 4 is 17.3 Å². The molecule has 0 bridgehead atoms. The van der Waals surface area contributed by atoms with E-state index in [-0.39, 0.29) is 5.91 Å². The van der Waals surface area contributed by atoms with Crippen molar-refractivity contribution in [1.82, 2.24) is 4.90 Å². The van der Waals surface area contributed by atoms with E-state index in [1.807, 2.05) is 18.3 Å². The van der Waals surface area contributed by atoms with E-state index in [1.54, 1.807) is 6.08 Å². The van der Waals surface area contributed by atoms with Crippen molar-refractivity contribution in [2.24, 2.45) is 0 Å².